The van der Waals surface area contributed by atoms with Crippen molar-refractivity contribution in [2.45, 2.75) is 65.1 Å². The topological polar surface area (TPSA) is 38.8 Å². The van der Waals surface area contributed by atoms with Crippen LogP contribution in [-0.2, 0) is 22.6 Å². The Labute approximate surface area is 191 Å². The monoisotopic (exact) mass is 443 g/mol. The molecule has 0 N–H and O–H groups in total. The summed E-state index contributed by atoms with van der Waals surface area (Å²) in [7, 11) is 2.13. The largest absolute Gasteiger partial charge is 0.489 e. The highest BCUT2D eigenvalue weighted by atomic mass is 35.5. The van der Waals surface area contributed by atoms with E-state index in [4.69, 9.17) is 21.1 Å². The van der Waals surface area contributed by atoms with Crippen molar-refractivity contribution >= 4 is 23.3 Å². The molecule has 0 saturated heterocycles. The summed E-state index contributed by atoms with van der Waals surface area (Å²) >= 11 is 6.41. The number of anilines is 1. The molecule has 1 aliphatic carbocycles. The number of para-hydroxylation sites is 1. The van der Waals surface area contributed by atoms with Crippen LogP contribution in [0.2, 0.25) is 5.02 Å². The summed E-state index contributed by atoms with van der Waals surface area (Å²) < 4.78 is 11.5. The fraction of sp³-hybridized carbons (Fsp3) is 0.500. The van der Waals surface area contributed by atoms with E-state index in [9.17, 15) is 4.79 Å². The zero-order valence-electron chi connectivity index (χ0n) is 19.1. The zero-order chi connectivity index (χ0) is 22.4. The number of carbonyl (C=O) groups excluding carboxylic acids is 1. The van der Waals surface area contributed by atoms with E-state index in [0.29, 0.717) is 17.4 Å². The van der Waals surface area contributed by atoms with Crippen molar-refractivity contribution in [1.29, 1.82) is 0 Å². The lowest BCUT2D eigenvalue weighted by Gasteiger charge is -2.24. The van der Waals surface area contributed by atoms with Crippen molar-refractivity contribution in [2.75, 3.05) is 18.5 Å². The summed E-state index contributed by atoms with van der Waals surface area (Å²) in [5.74, 6) is 1.19. The fourth-order valence-electron chi connectivity index (χ4n) is 4.11. The van der Waals surface area contributed by atoms with Gasteiger partial charge in [-0.25, -0.2) is 0 Å². The van der Waals surface area contributed by atoms with E-state index in [1.807, 2.05) is 57.2 Å². The molecule has 2 aromatic carbocycles. The lowest BCUT2D eigenvalue weighted by molar-refractivity contribution is -0.153. The molecule has 0 atom stereocenters. The van der Waals surface area contributed by atoms with Gasteiger partial charge in [0, 0.05) is 29.9 Å². The van der Waals surface area contributed by atoms with Gasteiger partial charge in [0.15, 0.2) is 0 Å². The molecule has 1 saturated carbocycles. The summed E-state index contributed by atoms with van der Waals surface area (Å²) in [6.07, 6.45) is 5.49. The van der Waals surface area contributed by atoms with Crippen LogP contribution in [0.15, 0.2) is 42.5 Å². The number of ether oxygens (including phenoxy) is 2. The predicted molar refractivity (Wildman–Crippen MR) is 127 cm³/mol. The molecule has 0 unspecified atom stereocenters. The van der Waals surface area contributed by atoms with Gasteiger partial charge in [-0.05, 0) is 69.4 Å². The normalized spacial score (nSPS) is 14.5. The molecule has 0 bridgehead atoms. The molecule has 168 valence electrons. The molecule has 0 radical (unpaired) electrons. The van der Waals surface area contributed by atoms with Crippen LogP contribution in [0.1, 0.15) is 57.6 Å². The smallest absolute Gasteiger partial charge is 0.310 e. The molecule has 0 amide bonds. The van der Waals surface area contributed by atoms with Gasteiger partial charge in [0.2, 0.25) is 0 Å². The summed E-state index contributed by atoms with van der Waals surface area (Å²) in [5.41, 5.74) is 2.43. The minimum absolute atomic E-state index is 0.179. The van der Waals surface area contributed by atoms with Crippen LogP contribution in [0.25, 0.3) is 0 Å². The fourth-order valence-corrected chi connectivity index (χ4v) is 4.36. The van der Waals surface area contributed by atoms with Crippen molar-refractivity contribution < 1.29 is 14.3 Å². The van der Waals surface area contributed by atoms with Gasteiger partial charge in [-0.15, -0.1) is 0 Å². The highest BCUT2D eigenvalue weighted by Crippen LogP contribution is 2.29. The van der Waals surface area contributed by atoms with Gasteiger partial charge in [0.1, 0.15) is 18.0 Å². The SMILES string of the molecule is CN(CC1CCCC1)c1cc(Cl)cc(COc2ccccc2CC(=O)OC(C)(C)C)c1. The van der Waals surface area contributed by atoms with Gasteiger partial charge in [-0.3, -0.25) is 4.79 Å². The van der Waals surface area contributed by atoms with Gasteiger partial charge in [-0.1, -0.05) is 42.6 Å². The Balaban J connectivity index is 1.66. The first kappa shape index (κ1) is 23.5. The first-order chi connectivity index (χ1) is 14.7. The Morgan fingerprint density at radius 2 is 1.84 bits per heavy atom. The lowest BCUT2D eigenvalue weighted by atomic mass is 10.1. The quantitative estimate of drug-likeness (QED) is 0.440. The number of nitrogens with zero attached hydrogens (tertiary/aromatic N) is 1. The number of benzene rings is 2. The third kappa shape index (κ3) is 7.46. The molecule has 4 nitrogen and oxygen atoms in total. The van der Waals surface area contributed by atoms with Crippen molar-refractivity contribution in [1.82, 2.24) is 0 Å². The van der Waals surface area contributed by atoms with Crippen LogP contribution >= 0.6 is 11.6 Å². The summed E-state index contributed by atoms with van der Waals surface area (Å²) in [6, 6.07) is 13.7. The van der Waals surface area contributed by atoms with Crippen molar-refractivity contribution in [3.8, 4) is 5.75 Å². The summed E-state index contributed by atoms with van der Waals surface area (Å²) in [4.78, 5) is 14.6. The number of halogens is 1. The number of hydrogen-bond donors (Lipinski definition) is 0. The Morgan fingerprint density at radius 3 is 2.55 bits per heavy atom. The molecular weight excluding hydrogens is 410 g/mol. The predicted octanol–water partition coefficient (Wildman–Crippen LogP) is 6.43. The van der Waals surface area contributed by atoms with Gasteiger partial charge in [-0.2, -0.15) is 0 Å². The molecule has 2 aromatic rings. The van der Waals surface area contributed by atoms with E-state index in [1.54, 1.807) is 0 Å². The molecule has 1 fully saturated rings. The highest BCUT2D eigenvalue weighted by Gasteiger charge is 2.19. The van der Waals surface area contributed by atoms with Crippen LogP contribution in [0.5, 0.6) is 5.75 Å². The van der Waals surface area contributed by atoms with Crippen molar-refractivity contribution in [3.05, 3.63) is 58.6 Å². The van der Waals surface area contributed by atoms with Gasteiger partial charge < -0.3 is 14.4 Å². The minimum atomic E-state index is -0.505. The Bertz CT molecular complexity index is 884. The average molecular weight is 444 g/mol. The molecule has 0 aliphatic heterocycles. The molecule has 31 heavy (non-hydrogen) atoms. The second kappa shape index (κ2) is 10.4. The lowest BCUT2D eigenvalue weighted by Crippen LogP contribution is -2.25. The van der Waals surface area contributed by atoms with E-state index in [-0.39, 0.29) is 12.4 Å². The maximum atomic E-state index is 12.3. The Hall–Kier alpha value is -2.20. The maximum Gasteiger partial charge on any atom is 0.310 e. The standard InChI is InChI=1S/C26H34ClNO3/c1-26(2,3)31-25(29)15-21-11-7-8-12-24(21)30-18-20-13-22(27)16-23(14-20)28(4)17-19-9-5-6-10-19/h7-8,11-14,16,19H,5-6,9-10,15,17-18H2,1-4H3. The van der Waals surface area contributed by atoms with E-state index < -0.39 is 5.60 Å². The molecule has 0 aromatic heterocycles. The maximum absolute atomic E-state index is 12.3. The van der Waals surface area contributed by atoms with E-state index >= 15 is 0 Å². The van der Waals surface area contributed by atoms with E-state index in [0.717, 1.165) is 29.3 Å². The first-order valence-corrected chi connectivity index (χ1v) is 11.5. The number of rotatable bonds is 8. The van der Waals surface area contributed by atoms with Crippen LogP contribution in [0.4, 0.5) is 5.69 Å². The van der Waals surface area contributed by atoms with Gasteiger partial charge in [0.25, 0.3) is 0 Å². The van der Waals surface area contributed by atoms with Crippen LogP contribution < -0.4 is 9.64 Å². The first-order valence-electron chi connectivity index (χ1n) is 11.1. The van der Waals surface area contributed by atoms with Gasteiger partial charge in [0.05, 0.1) is 6.42 Å². The average Bonchev–Trinajstić information content (AvgIpc) is 3.18. The highest BCUT2D eigenvalue weighted by molar-refractivity contribution is 6.30. The molecule has 5 heteroatoms. The molecule has 1 aliphatic rings. The van der Waals surface area contributed by atoms with Gasteiger partial charge >= 0.3 is 5.97 Å². The van der Waals surface area contributed by atoms with Crippen LogP contribution in [-0.4, -0.2) is 25.2 Å². The van der Waals surface area contributed by atoms with E-state index in [1.165, 1.54) is 25.7 Å². The second-order valence-electron chi connectivity index (χ2n) is 9.51. The zero-order valence-corrected chi connectivity index (χ0v) is 19.9. The van der Waals surface area contributed by atoms with Crippen molar-refractivity contribution in [3.63, 3.8) is 0 Å². The molecule has 0 heterocycles. The summed E-state index contributed by atoms with van der Waals surface area (Å²) in [5, 5.41) is 0.705. The van der Waals surface area contributed by atoms with E-state index in [2.05, 4.69) is 18.0 Å². The number of hydrogen-bond acceptors (Lipinski definition) is 4. The number of carbonyl (C=O) groups is 1. The third-order valence-electron chi connectivity index (χ3n) is 5.51. The molecule has 0 spiro atoms. The Morgan fingerprint density at radius 1 is 1.13 bits per heavy atom. The Kier molecular flexibility index (Phi) is 7.88. The third-order valence-corrected chi connectivity index (χ3v) is 5.73. The number of esters is 1. The van der Waals surface area contributed by atoms with Crippen molar-refractivity contribution in [2.24, 2.45) is 5.92 Å². The van der Waals surface area contributed by atoms with Crippen LogP contribution in [0.3, 0.4) is 0 Å². The second-order valence-corrected chi connectivity index (χ2v) is 9.94. The summed E-state index contributed by atoms with van der Waals surface area (Å²) in [6.45, 7) is 7.05. The molecule has 3 rings (SSSR count). The molecular formula is C26H34ClNO3. The minimum Gasteiger partial charge on any atom is -0.489 e. The van der Waals surface area contributed by atoms with Crippen LogP contribution in [0, 0.1) is 5.92 Å².